The minimum absolute atomic E-state index is 0.263. The molecule has 0 bridgehead atoms. The van der Waals surface area contributed by atoms with Crippen molar-refractivity contribution in [2.24, 2.45) is 0 Å². The Labute approximate surface area is 115 Å². The smallest absolute Gasteiger partial charge is 0.228 e. The third kappa shape index (κ3) is 3.17. The SMILES string of the molecule is COc1ccccc1-c1cc(OCF)cc(OCF)c1. The first-order valence-electron chi connectivity index (χ1n) is 5.94. The molecule has 2 aromatic carbocycles. The van der Waals surface area contributed by atoms with Crippen LogP contribution in [-0.2, 0) is 0 Å². The highest BCUT2D eigenvalue weighted by molar-refractivity contribution is 5.73. The van der Waals surface area contributed by atoms with Crippen LogP contribution in [0.3, 0.4) is 0 Å². The van der Waals surface area contributed by atoms with Gasteiger partial charge in [0, 0.05) is 11.6 Å². The number of hydrogen-bond donors (Lipinski definition) is 0. The third-order valence-electron chi connectivity index (χ3n) is 2.74. The largest absolute Gasteiger partial charge is 0.496 e. The maximum Gasteiger partial charge on any atom is 0.228 e. The molecule has 0 aliphatic heterocycles. The van der Waals surface area contributed by atoms with E-state index in [9.17, 15) is 8.78 Å². The van der Waals surface area contributed by atoms with Crippen molar-refractivity contribution in [1.29, 1.82) is 0 Å². The number of benzene rings is 2. The predicted molar refractivity (Wildman–Crippen MR) is 71.6 cm³/mol. The summed E-state index contributed by atoms with van der Waals surface area (Å²) in [4.78, 5) is 0. The first kappa shape index (κ1) is 14.1. The molecule has 0 saturated heterocycles. The Morgan fingerprint density at radius 2 is 1.50 bits per heavy atom. The minimum Gasteiger partial charge on any atom is -0.496 e. The van der Waals surface area contributed by atoms with E-state index in [-0.39, 0.29) is 11.5 Å². The highest BCUT2D eigenvalue weighted by atomic mass is 19.1. The molecule has 5 heteroatoms. The molecule has 0 unspecified atom stereocenters. The van der Waals surface area contributed by atoms with Crippen LogP contribution < -0.4 is 14.2 Å². The van der Waals surface area contributed by atoms with Crippen molar-refractivity contribution in [2.75, 3.05) is 20.8 Å². The Balaban J connectivity index is 2.48. The van der Waals surface area contributed by atoms with E-state index in [1.54, 1.807) is 25.3 Å². The lowest BCUT2D eigenvalue weighted by Gasteiger charge is -2.12. The molecule has 0 N–H and O–H groups in total. The molecule has 20 heavy (non-hydrogen) atoms. The van der Waals surface area contributed by atoms with E-state index in [0.717, 1.165) is 5.56 Å². The van der Waals surface area contributed by atoms with Gasteiger partial charge in [0.15, 0.2) is 0 Å². The zero-order chi connectivity index (χ0) is 14.4. The van der Waals surface area contributed by atoms with Crippen molar-refractivity contribution < 1.29 is 23.0 Å². The van der Waals surface area contributed by atoms with Crippen molar-refractivity contribution in [1.82, 2.24) is 0 Å². The molecule has 0 aliphatic rings. The molecular weight excluding hydrogens is 266 g/mol. The second-order valence-corrected chi connectivity index (χ2v) is 3.90. The standard InChI is InChI=1S/C15H14F2O3/c1-18-15-5-3-2-4-14(15)11-6-12(19-9-16)8-13(7-11)20-10-17/h2-8H,9-10H2,1H3. The van der Waals surface area contributed by atoms with Gasteiger partial charge >= 0.3 is 0 Å². The van der Waals surface area contributed by atoms with E-state index < -0.39 is 13.7 Å². The van der Waals surface area contributed by atoms with Gasteiger partial charge in [0.25, 0.3) is 0 Å². The molecule has 0 heterocycles. The lowest BCUT2D eigenvalue weighted by molar-refractivity contribution is 0.182. The van der Waals surface area contributed by atoms with Gasteiger partial charge in [-0.25, -0.2) is 8.78 Å². The lowest BCUT2D eigenvalue weighted by Crippen LogP contribution is -1.95. The van der Waals surface area contributed by atoms with Crippen molar-refractivity contribution >= 4 is 0 Å². The van der Waals surface area contributed by atoms with E-state index in [1.165, 1.54) is 6.07 Å². The maximum absolute atomic E-state index is 12.3. The molecule has 0 saturated carbocycles. The van der Waals surface area contributed by atoms with Crippen molar-refractivity contribution in [3.05, 3.63) is 42.5 Å². The third-order valence-corrected chi connectivity index (χ3v) is 2.74. The maximum atomic E-state index is 12.3. The molecule has 2 rings (SSSR count). The minimum atomic E-state index is -0.968. The van der Waals surface area contributed by atoms with E-state index in [4.69, 9.17) is 14.2 Å². The van der Waals surface area contributed by atoms with Crippen LogP contribution in [0.1, 0.15) is 0 Å². The Hall–Kier alpha value is -2.30. The molecule has 0 atom stereocenters. The highest BCUT2D eigenvalue weighted by Crippen LogP contribution is 2.35. The van der Waals surface area contributed by atoms with Crippen LogP contribution in [0.15, 0.2) is 42.5 Å². The second-order valence-electron chi connectivity index (χ2n) is 3.90. The summed E-state index contributed by atoms with van der Waals surface area (Å²) in [6.45, 7) is -1.94. The number of rotatable bonds is 6. The Bertz CT molecular complexity index is 549. The van der Waals surface area contributed by atoms with Crippen LogP contribution in [0.4, 0.5) is 8.78 Å². The molecule has 2 aromatic rings. The quantitative estimate of drug-likeness (QED) is 0.801. The molecule has 0 spiro atoms. The van der Waals surface area contributed by atoms with Crippen molar-refractivity contribution in [2.45, 2.75) is 0 Å². The van der Waals surface area contributed by atoms with Gasteiger partial charge in [-0.1, -0.05) is 18.2 Å². The number of ether oxygens (including phenoxy) is 3. The van der Waals surface area contributed by atoms with Gasteiger partial charge in [-0.05, 0) is 23.8 Å². The molecule has 0 fully saturated rings. The number of hydrogen-bond acceptors (Lipinski definition) is 3. The fourth-order valence-electron chi connectivity index (χ4n) is 1.90. The van der Waals surface area contributed by atoms with Gasteiger partial charge in [0.05, 0.1) is 7.11 Å². The van der Waals surface area contributed by atoms with Gasteiger partial charge in [0.1, 0.15) is 17.2 Å². The number of methoxy groups -OCH3 is 1. The zero-order valence-corrected chi connectivity index (χ0v) is 10.9. The summed E-state index contributed by atoms with van der Waals surface area (Å²) in [6.07, 6.45) is 0. The summed E-state index contributed by atoms with van der Waals surface area (Å²) in [5, 5.41) is 0. The van der Waals surface area contributed by atoms with Gasteiger partial charge in [-0.3, -0.25) is 0 Å². The normalized spacial score (nSPS) is 10.2. The fourth-order valence-corrected chi connectivity index (χ4v) is 1.90. The topological polar surface area (TPSA) is 27.7 Å². The second kappa shape index (κ2) is 6.75. The van der Waals surface area contributed by atoms with E-state index in [2.05, 4.69) is 0 Å². The van der Waals surface area contributed by atoms with Crippen LogP contribution in [-0.4, -0.2) is 20.8 Å². The highest BCUT2D eigenvalue weighted by Gasteiger charge is 2.09. The Morgan fingerprint density at radius 3 is 2.05 bits per heavy atom. The predicted octanol–water partition coefficient (Wildman–Crippen LogP) is 3.97. The number of halogens is 2. The average molecular weight is 280 g/mol. The molecule has 0 radical (unpaired) electrons. The molecule has 3 nitrogen and oxygen atoms in total. The fraction of sp³-hybridized carbons (Fsp3) is 0.200. The van der Waals surface area contributed by atoms with Crippen LogP contribution in [0.2, 0.25) is 0 Å². The van der Waals surface area contributed by atoms with Gasteiger partial charge in [-0.2, -0.15) is 0 Å². The summed E-state index contributed by atoms with van der Waals surface area (Å²) in [5.74, 6) is 1.18. The molecule has 106 valence electrons. The molecule has 0 aliphatic carbocycles. The molecule has 0 aromatic heterocycles. The Morgan fingerprint density at radius 1 is 0.900 bits per heavy atom. The molecule has 0 amide bonds. The first-order valence-corrected chi connectivity index (χ1v) is 5.94. The number of para-hydroxylation sites is 1. The van der Waals surface area contributed by atoms with Crippen LogP contribution in [0, 0.1) is 0 Å². The van der Waals surface area contributed by atoms with E-state index in [1.807, 2.05) is 18.2 Å². The van der Waals surface area contributed by atoms with Crippen LogP contribution >= 0.6 is 0 Å². The van der Waals surface area contributed by atoms with Gasteiger partial charge in [-0.15, -0.1) is 0 Å². The molecular formula is C15H14F2O3. The number of alkyl halides is 2. The van der Waals surface area contributed by atoms with Crippen LogP contribution in [0.25, 0.3) is 11.1 Å². The summed E-state index contributed by atoms with van der Waals surface area (Å²) in [6, 6.07) is 12.0. The lowest BCUT2D eigenvalue weighted by atomic mass is 10.0. The summed E-state index contributed by atoms with van der Waals surface area (Å²) in [7, 11) is 1.56. The Kier molecular flexibility index (Phi) is 4.76. The van der Waals surface area contributed by atoms with Crippen LogP contribution in [0.5, 0.6) is 17.2 Å². The first-order chi connectivity index (χ1) is 9.78. The van der Waals surface area contributed by atoms with Gasteiger partial charge < -0.3 is 14.2 Å². The summed E-state index contributed by atoms with van der Waals surface area (Å²) < 4.78 is 39.5. The average Bonchev–Trinajstić information content (AvgIpc) is 2.47. The summed E-state index contributed by atoms with van der Waals surface area (Å²) in [5.41, 5.74) is 1.47. The zero-order valence-electron chi connectivity index (χ0n) is 10.9. The van der Waals surface area contributed by atoms with Crippen molar-refractivity contribution in [3.63, 3.8) is 0 Å². The van der Waals surface area contributed by atoms with Crippen molar-refractivity contribution in [3.8, 4) is 28.4 Å². The van der Waals surface area contributed by atoms with Gasteiger partial charge in [0.2, 0.25) is 13.7 Å². The van der Waals surface area contributed by atoms with E-state index >= 15 is 0 Å². The van der Waals surface area contributed by atoms with E-state index in [0.29, 0.717) is 11.3 Å². The summed E-state index contributed by atoms with van der Waals surface area (Å²) >= 11 is 0. The monoisotopic (exact) mass is 280 g/mol.